The predicted molar refractivity (Wildman–Crippen MR) is 58.1 cm³/mol. The van der Waals surface area contributed by atoms with Crippen LogP contribution in [0.4, 0.5) is 0 Å². The second-order valence-electron chi connectivity index (χ2n) is 3.38. The number of carbonyl (C=O) groups is 2. The van der Waals surface area contributed by atoms with Crippen LogP contribution >= 0.6 is 0 Å². The Labute approximate surface area is 85.7 Å². The molecule has 2 nitrogen and oxygen atoms in total. The molecule has 0 rings (SSSR count). The Balaban J connectivity index is 4.39. The van der Waals surface area contributed by atoms with Gasteiger partial charge in [0, 0.05) is 0 Å². The summed E-state index contributed by atoms with van der Waals surface area (Å²) < 4.78 is 0. The number of carbonyl (C=O) groups excluding carboxylic acids is 2. The van der Waals surface area contributed by atoms with Crippen LogP contribution in [-0.2, 0) is 9.59 Å². The van der Waals surface area contributed by atoms with E-state index in [4.69, 9.17) is 0 Å². The zero-order chi connectivity index (χ0) is 11.0. The van der Waals surface area contributed by atoms with Crippen molar-refractivity contribution in [3.05, 3.63) is 23.8 Å². The van der Waals surface area contributed by atoms with Gasteiger partial charge in [0.2, 0.25) is 0 Å². The van der Waals surface area contributed by atoms with Crippen LogP contribution in [0.5, 0.6) is 0 Å². The third-order valence-electron chi connectivity index (χ3n) is 1.74. The van der Waals surface area contributed by atoms with Crippen LogP contribution in [0.2, 0.25) is 0 Å². The monoisotopic (exact) mass is 194 g/mol. The SMILES string of the molecule is CCCCC(C=CC(C)=O)=CC(C)=O. The molecular formula is C12H18O2. The molecule has 2 heteroatoms. The standard InChI is InChI=1S/C12H18O2/c1-4-5-6-12(9-11(3)14)8-7-10(2)13/h7-9H,4-6H2,1-3H3. The Morgan fingerprint density at radius 2 is 1.71 bits per heavy atom. The summed E-state index contributed by atoms with van der Waals surface area (Å²) in [5.74, 6) is 0.0419. The molecule has 0 heterocycles. The van der Waals surface area contributed by atoms with Crippen molar-refractivity contribution in [3.8, 4) is 0 Å². The molecule has 0 aromatic heterocycles. The maximum atomic E-state index is 10.9. The predicted octanol–water partition coefficient (Wildman–Crippen LogP) is 2.84. The first-order valence-corrected chi connectivity index (χ1v) is 4.96. The van der Waals surface area contributed by atoms with Gasteiger partial charge in [-0.15, -0.1) is 0 Å². The van der Waals surface area contributed by atoms with Gasteiger partial charge in [0.15, 0.2) is 11.6 Å². The number of ketones is 2. The maximum Gasteiger partial charge on any atom is 0.152 e. The van der Waals surface area contributed by atoms with E-state index < -0.39 is 0 Å². The van der Waals surface area contributed by atoms with Crippen LogP contribution in [0.15, 0.2) is 23.8 Å². The summed E-state index contributed by atoms with van der Waals surface area (Å²) in [5, 5.41) is 0. The molecule has 0 aromatic carbocycles. The van der Waals surface area contributed by atoms with E-state index in [1.54, 1.807) is 12.2 Å². The van der Waals surface area contributed by atoms with E-state index in [0.29, 0.717) is 0 Å². The molecular weight excluding hydrogens is 176 g/mol. The molecule has 0 aromatic rings. The van der Waals surface area contributed by atoms with E-state index in [9.17, 15) is 9.59 Å². The van der Waals surface area contributed by atoms with Gasteiger partial charge in [-0.2, -0.15) is 0 Å². The highest BCUT2D eigenvalue weighted by Crippen LogP contribution is 2.09. The Kier molecular flexibility index (Phi) is 6.63. The molecule has 0 fully saturated rings. The van der Waals surface area contributed by atoms with Crippen LogP contribution in [-0.4, -0.2) is 11.6 Å². The second-order valence-corrected chi connectivity index (χ2v) is 3.38. The molecule has 0 bridgehead atoms. The lowest BCUT2D eigenvalue weighted by Gasteiger charge is -1.98. The fourth-order valence-electron chi connectivity index (χ4n) is 1.07. The van der Waals surface area contributed by atoms with Crippen molar-refractivity contribution in [2.45, 2.75) is 40.0 Å². The van der Waals surface area contributed by atoms with Crippen LogP contribution in [0.25, 0.3) is 0 Å². The number of hydrogen-bond acceptors (Lipinski definition) is 2. The van der Waals surface area contributed by atoms with E-state index in [1.165, 1.54) is 19.9 Å². The molecule has 14 heavy (non-hydrogen) atoms. The van der Waals surface area contributed by atoms with Crippen molar-refractivity contribution in [3.63, 3.8) is 0 Å². The number of rotatable bonds is 6. The normalized spacial score (nSPS) is 12.1. The van der Waals surface area contributed by atoms with Gasteiger partial charge in [0.1, 0.15) is 0 Å². The number of unbranched alkanes of at least 4 members (excludes halogenated alkanes) is 1. The summed E-state index contributed by atoms with van der Waals surface area (Å²) >= 11 is 0. The van der Waals surface area contributed by atoms with Crippen molar-refractivity contribution in [1.29, 1.82) is 0 Å². The minimum Gasteiger partial charge on any atom is -0.295 e. The van der Waals surface area contributed by atoms with Gasteiger partial charge in [-0.3, -0.25) is 9.59 Å². The zero-order valence-corrected chi connectivity index (χ0v) is 9.17. The number of allylic oxidation sites excluding steroid dienone is 4. The molecule has 0 atom stereocenters. The highest BCUT2D eigenvalue weighted by atomic mass is 16.1. The lowest BCUT2D eigenvalue weighted by Crippen LogP contribution is -1.89. The summed E-state index contributed by atoms with van der Waals surface area (Å²) in [6, 6.07) is 0. The highest BCUT2D eigenvalue weighted by molar-refractivity contribution is 5.90. The smallest absolute Gasteiger partial charge is 0.152 e. The van der Waals surface area contributed by atoms with Crippen LogP contribution in [0.3, 0.4) is 0 Å². The van der Waals surface area contributed by atoms with E-state index in [1.807, 2.05) is 0 Å². The van der Waals surface area contributed by atoms with Gasteiger partial charge >= 0.3 is 0 Å². The minimum atomic E-state index is 0.0101. The van der Waals surface area contributed by atoms with Crippen LogP contribution in [0, 0.1) is 0 Å². The molecule has 0 aliphatic carbocycles. The number of hydrogen-bond donors (Lipinski definition) is 0. The molecule has 0 radical (unpaired) electrons. The van der Waals surface area contributed by atoms with Crippen molar-refractivity contribution in [2.75, 3.05) is 0 Å². The van der Waals surface area contributed by atoms with Crippen molar-refractivity contribution >= 4 is 11.6 Å². The van der Waals surface area contributed by atoms with Gasteiger partial charge in [-0.1, -0.05) is 19.4 Å². The summed E-state index contributed by atoms with van der Waals surface area (Å²) in [5.41, 5.74) is 0.939. The Morgan fingerprint density at radius 3 is 2.14 bits per heavy atom. The third kappa shape index (κ3) is 7.47. The van der Waals surface area contributed by atoms with E-state index >= 15 is 0 Å². The quantitative estimate of drug-likeness (QED) is 0.481. The van der Waals surface area contributed by atoms with Gasteiger partial charge in [-0.05, 0) is 44.4 Å². The zero-order valence-electron chi connectivity index (χ0n) is 9.17. The highest BCUT2D eigenvalue weighted by Gasteiger charge is 1.95. The largest absolute Gasteiger partial charge is 0.295 e. The second kappa shape index (κ2) is 7.25. The molecule has 0 saturated carbocycles. The van der Waals surface area contributed by atoms with Gasteiger partial charge in [-0.25, -0.2) is 0 Å². The average Bonchev–Trinajstić information content (AvgIpc) is 2.09. The Hall–Kier alpha value is -1.18. The molecule has 0 aliphatic rings. The fourth-order valence-corrected chi connectivity index (χ4v) is 1.07. The summed E-state index contributed by atoms with van der Waals surface area (Å²) in [4.78, 5) is 21.6. The molecule has 0 saturated heterocycles. The average molecular weight is 194 g/mol. The third-order valence-corrected chi connectivity index (χ3v) is 1.74. The topological polar surface area (TPSA) is 34.1 Å². The van der Waals surface area contributed by atoms with E-state index in [2.05, 4.69) is 6.92 Å². The van der Waals surface area contributed by atoms with Crippen molar-refractivity contribution in [2.24, 2.45) is 0 Å². The van der Waals surface area contributed by atoms with Crippen molar-refractivity contribution < 1.29 is 9.59 Å². The molecule has 78 valence electrons. The van der Waals surface area contributed by atoms with Gasteiger partial charge in [0.25, 0.3) is 0 Å². The molecule has 0 aliphatic heterocycles. The summed E-state index contributed by atoms with van der Waals surface area (Å²) in [6.07, 6.45) is 7.82. The van der Waals surface area contributed by atoms with Crippen LogP contribution < -0.4 is 0 Å². The lowest BCUT2D eigenvalue weighted by atomic mass is 10.1. The summed E-state index contributed by atoms with van der Waals surface area (Å²) in [6.45, 7) is 5.12. The van der Waals surface area contributed by atoms with E-state index in [0.717, 1.165) is 24.8 Å². The van der Waals surface area contributed by atoms with E-state index in [-0.39, 0.29) is 11.6 Å². The van der Waals surface area contributed by atoms with Crippen LogP contribution in [0.1, 0.15) is 40.0 Å². The Morgan fingerprint density at radius 1 is 1.07 bits per heavy atom. The van der Waals surface area contributed by atoms with Crippen molar-refractivity contribution in [1.82, 2.24) is 0 Å². The first-order chi connectivity index (χ1) is 6.56. The minimum absolute atomic E-state index is 0.0101. The first kappa shape index (κ1) is 12.8. The lowest BCUT2D eigenvalue weighted by molar-refractivity contribution is -0.113. The fraction of sp³-hybridized carbons (Fsp3) is 0.500. The molecule has 0 spiro atoms. The summed E-state index contributed by atoms with van der Waals surface area (Å²) in [7, 11) is 0. The van der Waals surface area contributed by atoms with Gasteiger partial charge < -0.3 is 0 Å². The molecule has 0 unspecified atom stereocenters. The maximum absolute atomic E-state index is 10.9. The molecule has 0 amide bonds. The molecule has 0 N–H and O–H groups in total. The Bertz CT molecular complexity index is 259. The van der Waals surface area contributed by atoms with Gasteiger partial charge in [0.05, 0.1) is 0 Å². The first-order valence-electron chi connectivity index (χ1n) is 4.96.